The summed E-state index contributed by atoms with van der Waals surface area (Å²) in [4.78, 5) is 19.2. The zero-order valence-electron chi connectivity index (χ0n) is 12.6. The van der Waals surface area contributed by atoms with Gasteiger partial charge in [0.15, 0.2) is 0 Å². The van der Waals surface area contributed by atoms with Gasteiger partial charge >= 0.3 is 0 Å². The van der Waals surface area contributed by atoms with Crippen molar-refractivity contribution in [2.45, 2.75) is 26.8 Å². The van der Waals surface area contributed by atoms with Gasteiger partial charge in [-0.05, 0) is 25.5 Å². The molecule has 3 rings (SSSR count). The maximum atomic E-state index is 12.9. The maximum absolute atomic E-state index is 12.9. The largest absolute Gasteiger partial charge is 0.289 e. The maximum Gasteiger partial charge on any atom is 0.262 e. The van der Waals surface area contributed by atoms with Crippen molar-refractivity contribution in [3.8, 4) is 11.4 Å². The number of fused-ring (bicyclic) bond motifs is 1. The molecule has 0 saturated carbocycles. The molecule has 3 aromatic rings. The number of hydrogen-bond donors (Lipinski definition) is 0. The van der Waals surface area contributed by atoms with Crippen molar-refractivity contribution in [1.29, 1.82) is 0 Å². The van der Waals surface area contributed by atoms with Gasteiger partial charge in [0, 0.05) is 10.4 Å². The quantitative estimate of drug-likeness (QED) is 0.730. The summed E-state index contributed by atoms with van der Waals surface area (Å²) >= 11 is 1.53. The van der Waals surface area contributed by atoms with Gasteiger partial charge in [-0.3, -0.25) is 9.36 Å². The number of halogens is 1. The Bertz CT molecular complexity index is 882. The van der Waals surface area contributed by atoms with Gasteiger partial charge < -0.3 is 0 Å². The van der Waals surface area contributed by atoms with E-state index in [1.54, 1.807) is 0 Å². The average molecular weight is 316 g/mol. The predicted octanol–water partition coefficient (Wildman–Crippen LogP) is 3.97. The highest BCUT2D eigenvalue weighted by atomic mass is 32.1. The lowest BCUT2D eigenvalue weighted by Gasteiger charge is -2.11. The smallest absolute Gasteiger partial charge is 0.262 e. The topological polar surface area (TPSA) is 34.9 Å². The third-order valence-corrected chi connectivity index (χ3v) is 4.81. The second-order valence-corrected chi connectivity index (χ2v) is 6.35. The molecule has 0 fully saturated rings. The van der Waals surface area contributed by atoms with Crippen LogP contribution in [0.4, 0.5) is 4.39 Å². The van der Waals surface area contributed by atoms with Gasteiger partial charge in [0.1, 0.15) is 17.3 Å². The Morgan fingerprint density at radius 1 is 1.32 bits per heavy atom. The van der Waals surface area contributed by atoms with E-state index in [1.165, 1.54) is 15.9 Å². The van der Waals surface area contributed by atoms with E-state index in [1.807, 2.05) is 44.2 Å². The summed E-state index contributed by atoms with van der Waals surface area (Å²) < 4.78 is 14.4. The van der Waals surface area contributed by atoms with Crippen LogP contribution in [0.1, 0.15) is 17.4 Å². The van der Waals surface area contributed by atoms with Crippen molar-refractivity contribution in [2.24, 2.45) is 0 Å². The monoisotopic (exact) mass is 316 g/mol. The van der Waals surface area contributed by atoms with Gasteiger partial charge in [-0.2, -0.15) is 0 Å². The molecule has 2 aromatic heterocycles. The Hall–Kier alpha value is -2.01. The lowest BCUT2D eigenvalue weighted by atomic mass is 10.1. The molecule has 0 amide bonds. The first-order chi connectivity index (χ1) is 10.6. The standard InChI is InChI=1S/C17H17FN2OS/c1-3-13-10-14-16(22-13)19-15(20(8-7-18)17(14)21)12-6-4-5-11(2)9-12/h4-6,9-10H,3,7-8H2,1-2H3. The van der Waals surface area contributed by atoms with E-state index in [0.29, 0.717) is 11.2 Å². The first-order valence-electron chi connectivity index (χ1n) is 7.30. The minimum atomic E-state index is -0.587. The highest BCUT2D eigenvalue weighted by molar-refractivity contribution is 7.18. The van der Waals surface area contributed by atoms with Gasteiger partial charge in [0.25, 0.3) is 5.56 Å². The molecule has 1 aromatic carbocycles. The molecular formula is C17H17FN2OS. The molecule has 5 heteroatoms. The highest BCUT2D eigenvalue weighted by Crippen LogP contribution is 2.25. The fourth-order valence-electron chi connectivity index (χ4n) is 2.54. The van der Waals surface area contributed by atoms with E-state index in [0.717, 1.165) is 27.3 Å². The summed E-state index contributed by atoms with van der Waals surface area (Å²) in [6, 6.07) is 9.66. The zero-order valence-corrected chi connectivity index (χ0v) is 13.4. The van der Waals surface area contributed by atoms with Crippen LogP contribution in [-0.2, 0) is 13.0 Å². The van der Waals surface area contributed by atoms with Crippen molar-refractivity contribution in [3.63, 3.8) is 0 Å². The Labute approximate surface area is 132 Å². The number of thiophene rings is 1. The fraction of sp³-hybridized carbons (Fsp3) is 0.294. The summed E-state index contributed by atoms with van der Waals surface area (Å²) in [7, 11) is 0. The summed E-state index contributed by atoms with van der Waals surface area (Å²) in [5, 5.41) is 0.590. The molecule has 0 aliphatic carbocycles. The molecule has 0 unspecified atom stereocenters. The second kappa shape index (κ2) is 6.01. The molecule has 0 aliphatic rings. The van der Waals surface area contributed by atoms with Gasteiger partial charge in [0.2, 0.25) is 0 Å². The van der Waals surface area contributed by atoms with Crippen molar-refractivity contribution in [2.75, 3.05) is 6.67 Å². The van der Waals surface area contributed by atoms with Crippen LogP contribution in [0.5, 0.6) is 0 Å². The van der Waals surface area contributed by atoms with Crippen molar-refractivity contribution in [1.82, 2.24) is 9.55 Å². The van der Waals surface area contributed by atoms with Crippen LogP contribution in [0.25, 0.3) is 21.6 Å². The molecule has 0 atom stereocenters. The van der Waals surface area contributed by atoms with E-state index >= 15 is 0 Å². The fourth-order valence-corrected chi connectivity index (χ4v) is 3.49. The Balaban J connectivity index is 2.32. The minimum Gasteiger partial charge on any atom is -0.289 e. The van der Waals surface area contributed by atoms with Gasteiger partial charge in [-0.1, -0.05) is 30.7 Å². The van der Waals surface area contributed by atoms with Crippen molar-refractivity contribution in [3.05, 3.63) is 51.1 Å². The molecule has 0 bridgehead atoms. The normalized spacial score (nSPS) is 11.2. The molecule has 0 N–H and O–H groups in total. The van der Waals surface area contributed by atoms with Crippen LogP contribution < -0.4 is 5.56 Å². The van der Waals surface area contributed by atoms with Gasteiger partial charge in [-0.15, -0.1) is 11.3 Å². The van der Waals surface area contributed by atoms with E-state index < -0.39 is 6.67 Å². The molecule has 0 radical (unpaired) electrons. The molecular weight excluding hydrogens is 299 g/mol. The number of nitrogens with zero attached hydrogens (tertiary/aromatic N) is 2. The molecule has 3 nitrogen and oxygen atoms in total. The number of aryl methyl sites for hydroxylation is 2. The lowest BCUT2D eigenvalue weighted by Crippen LogP contribution is -2.23. The van der Waals surface area contributed by atoms with Gasteiger partial charge in [0.05, 0.1) is 11.9 Å². The molecule has 22 heavy (non-hydrogen) atoms. The molecule has 0 spiro atoms. The summed E-state index contributed by atoms with van der Waals surface area (Å²) in [5.74, 6) is 0.545. The second-order valence-electron chi connectivity index (χ2n) is 5.24. The van der Waals surface area contributed by atoms with Crippen molar-refractivity contribution < 1.29 is 4.39 Å². The van der Waals surface area contributed by atoms with Crippen LogP contribution in [0, 0.1) is 6.92 Å². The van der Waals surface area contributed by atoms with Crippen LogP contribution >= 0.6 is 11.3 Å². The number of alkyl halides is 1. The Kier molecular flexibility index (Phi) is 4.07. The lowest BCUT2D eigenvalue weighted by molar-refractivity contribution is 0.441. The van der Waals surface area contributed by atoms with E-state index in [2.05, 4.69) is 4.98 Å². The van der Waals surface area contributed by atoms with Crippen LogP contribution in [0.2, 0.25) is 0 Å². The molecule has 0 saturated heterocycles. The summed E-state index contributed by atoms with van der Waals surface area (Å²) in [5.41, 5.74) is 1.77. The number of aromatic nitrogens is 2. The minimum absolute atomic E-state index is 0.0301. The number of hydrogen-bond acceptors (Lipinski definition) is 3. The highest BCUT2D eigenvalue weighted by Gasteiger charge is 2.15. The molecule has 114 valence electrons. The molecule has 2 heterocycles. The first kappa shape index (κ1) is 14.9. The Morgan fingerprint density at radius 3 is 2.82 bits per heavy atom. The van der Waals surface area contributed by atoms with E-state index in [-0.39, 0.29) is 12.1 Å². The first-order valence-corrected chi connectivity index (χ1v) is 8.12. The Morgan fingerprint density at radius 2 is 2.14 bits per heavy atom. The van der Waals surface area contributed by atoms with E-state index in [4.69, 9.17) is 0 Å². The SMILES string of the molecule is CCc1cc2c(=O)n(CCF)c(-c3cccc(C)c3)nc2s1. The number of rotatable bonds is 4. The predicted molar refractivity (Wildman–Crippen MR) is 89.4 cm³/mol. The molecule has 0 aliphatic heterocycles. The van der Waals surface area contributed by atoms with Crippen LogP contribution in [-0.4, -0.2) is 16.2 Å². The zero-order chi connectivity index (χ0) is 15.7. The number of benzene rings is 1. The van der Waals surface area contributed by atoms with Crippen molar-refractivity contribution >= 4 is 21.6 Å². The average Bonchev–Trinajstić information content (AvgIpc) is 2.93. The van der Waals surface area contributed by atoms with Gasteiger partial charge in [-0.25, -0.2) is 9.37 Å². The van der Waals surface area contributed by atoms with Crippen LogP contribution in [0.3, 0.4) is 0 Å². The third kappa shape index (κ3) is 2.57. The van der Waals surface area contributed by atoms with E-state index in [9.17, 15) is 9.18 Å². The third-order valence-electron chi connectivity index (χ3n) is 3.64. The summed E-state index contributed by atoms with van der Waals surface area (Å²) in [6.45, 7) is 3.48. The van der Waals surface area contributed by atoms with Crippen LogP contribution in [0.15, 0.2) is 35.1 Å². The summed E-state index contributed by atoms with van der Waals surface area (Å²) in [6.07, 6.45) is 0.864.